The minimum atomic E-state index is -0.705. The van der Waals surface area contributed by atoms with Gasteiger partial charge in [-0.15, -0.1) is 0 Å². The van der Waals surface area contributed by atoms with Crippen molar-refractivity contribution in [3.05, 3.63) is 95.4 Å². The van der Waals surface area contributed by atoms with Crippen LogP contribution in [0.25, 0.3) is 0 Å². The standard InChI is InChI=1S/C27H31N3O3/c31-26(28-19-22-11-13-23(14-12-22)20-30-15-5-2-6-16-30)24(18-21-8-3-1-4-9-21)29-27(32)25-10-7-17-33-25/h1,3-4,7-14,17,24H,2,5-6,15-16,18-20H2,(H,28,31)(H,29,32)/t24-/m0/s1. The van der Waals surface area contributed by atoms with Crippen molar-refractivity contribution in [1.29, 1.82) is 0 Å². The topological polar surface area (TPSA) is 74.6 Å². The predicted octanol–water partition coefficient (Wildman–Crippen LogP) is 3.92. The van der Waals surface area contributed by atoms with Gasteiger partial charge in [-0.1, -0.05) is 61.0 Å². The smallest absolute Gasteiger partial charge is 0.287 e. The van der Waals surface area contributed by atoms with Crippen LogP contribution in [0, 0.1) is 0 Å². The summed E-state index contributed by atoms with van der Waals surface area (Å²) in [5, 5.41) is 5.78. The van der Waals surface area contributed by atoms with E-state index in [2.05, 4.69) is 39.8 Å². The van der Waals surface area contributed by atoms with Crippen LogP contribution in [0.2, 0.25) is 0 Å². The number of rotatable bonds is 9. The first kappa shape index (κ1) is 22.8. The van der Waals surface area contributed by atoms with Gasteiger partial charge in [0.2, 0.25) is 5.91 Å². The number of carbonyl (C=O) groups is 2. The van der Waals surface area contributed by atoms with Crippen molar-refractivity contribution in [1.82, 2.24) is 15.5 Å². The Balaban J connectivity index is 1.34. The maximum absolute atomic E-state index is 13.0. The Morgan fingerprint density at radius 2 is 1.58 bits per heavy atom. The Bertz CT molecular complexity index is 1010. The van der Waals surface area contributed by atoms with Gasteiger partial charge < -0.3 is 15.1 Å². The lowest BCUT2D eigenvalue weighted by molar-refractivity contribution is -0.123. The van der Waals surface area contributed by atoms with Gasteiger partial charge in [0.1, 0.15) is 6.04 Å². The van der Waals surface area contributed by atoms with E-state index < -0.39 is 11.9 Å². The number of nitrogens with one attached hydrogen (secondary N) is 2. The molecule has 1 atom stereocenters. The van der Waals surface area contributed by atoms with Gasteiger partial charge >= 0.3 is 0 Å². The summed E-state index contributed by atoms with van der Waals surface area (Å²) in [6.07, 6.45) is 5.74. The number of furan rings is 1. The molecular formula is C27H31N3O3. The van der Waals surface area contributed by atoms with E-state index in [9.17, 15) is 9.59 Å². The molecule has 2 heterocycles. The summed E-state index contributed by atoms with van der Waals surface area (Å²) >= 11 is 0. The molecule has 0 saturated carbocycles. The quantitative estimate of drug-likeness (QED) is 0.524. The van der Waals surface area contributed by atoms with Crippen LogP contribution in [0.5, 0.6) is 0 Å². The molecule has 0 radical (unpaired) electrons. The fraction of sp³-hybridized carbons (Fsp3) is 0.333. The van der Waals surface area contributed by atoms with Crippen molar-refractivity contribution in [3.63, 3.8) is 0 Å². The lowest BCUT2D eigenvalue weighted by Gasteiger charge is -2.26. The van der Waals surface area contributed by atoms with Crippen LogP contribution in [-0.4, -0.2) is 35.8 Å². The first-order valence-corrected chi connectivity index (χ1v) is 11.6. The Kier molecular flexibility index (Phi) is 7.93. The highest BCUT2D eigenvalue weighted by Gasteiger charge is 2.23. The van der Waals surface area contributed by atoms with Crippen molar-refractivity contribution in [3.8, 4) is 0 Å². The van der Waals surface area contributed by atoms with Gasteiger partial charge in [0.05, 0.1) is 6.26 Å². The first-order valence-electron chi connectivity index (χ1n) is 11.6. The average molecular weight is 446 g/mol. The highest BCUT2D eigenvalue weighted by molar-refractivity contribution is 5.95. The number of benzene rings is 2. The molecule has 4 rings (SSSR count). The summed E-state index contributed by atoms with van der Waals surface area (Å²) in [4.78, 5) is 28.0. The first-order chi connectivity index (χ1) is 16.2. The fourth-order valence-corrected chi connectivity index (χ4v) is 4.15. The molecule has 0 bridgehead atoms. The second kappa shape index (κ2) is 11.5. The van der Waals surface area contributed by atoms with E-state index in [0.29, 0.717) is 13.0 Å². The van der Waals surface area contributed by atoms with E-state index in [1.165, 1.54) is 44.2 Å². The van der Waals surface area contributed by atoms with E-state index in [1.807, 2.05) is 30.3 Å². The van der Waals surface area contributed by atoms with E-state index in [1.54, 1.807) is 12.1 Å². The highest BCUT2D eigenvalue weighted by atomic mass is 16.3. The number of nitrogens with zero attached hydrogens (tertiary/aromatic N) is 1. The molecule has 3 aromatic rings. The molecular weight excluding hydrogens is 414 g/mol. The highest BCUT2D eigenvalue weighted by Crippen LogP contribution is 2.14. The number of piperidine rings is 1. The summed E-state index contributed by atoms with van der Waals surface area (Å²) in [6.45, 7) is 3.73. The molecule has 0 aliphatic carbocycles. The third-order valence-electron chi connectivity index (χ3n) is 5.99. The van der Waals surface area contributed by atoms with E-state index in [0.717, 1.165) is 17.7 Å². The molecule has 1 saturated heterocycles. The third kappa shape index (κ3) is 6.80. The van der Waals surface area contributed by atoms with Gasteiger partial charge in [-0.3, -0.25) is 14.5 Å². The molecule has 6 heteroatoms. The third-order valence-corrected chi connectivity index (χ3v) is 5.99. The maximum Gasteiger partial charge on any atom is 0.287 e. The summed E-state index contributed by atoms with van der Waals surface area (Å²) < 4.78 is 5.17. The van der Waals surface area contributed by atoms with Crippen LogP contribution < -0.4 is 10.6 Å². The molecule has 6 nitrogen and oxygen atoms in total. The number of carbonyl (C=O) groups excluding carboxylic acids is 2. The molecule has 1 aliphatic heterocycles. The zero-order valence-electron chi connectivity index (χ0n) is 18.8. The Hall–Kier alpha value is -3.38. The Morgan fingerprint density at radius 1 is 0.848 bits per heavy atom. The van der Waals surface area contributed by atoms with E-state index in [4.69, 9.17) is 4.42 Å². The van der Waals surface area contributed by atoms with Gasteiger partial charge in [-0.05, 0) is 54.8 Å². The van der Waals surface area contributed by atoms with Crippen LogP contribution in [0.15, 0.2) is 77.4 Å². The lowest BCUT2D eigenvalue weighted by Crippen LogP contribution is -2.47. The molecule has 1 aliphatic rings. The normalized spacial score (nSPS) is 15.0. The van der Waals surface area contributed by atoms with Crippen molar-refractivity contribution in [2.75, 3.05) is 13.1 Å². The van der Waals surface area contributed by atoms with Crippen LogP contribution in [0.4, 0.5) is 0 Å². The second-order valence-corrected chi connectivity index (χ2v) is 8.56. The minimum absolute atomic E-state index is 0.185. The summed E-state index contributed by atoms with van der Waals surface area (Å²) in [5.41, 5.74) is 3.29. The Labute approximate surface area is 195 Å². The van der Waals surface area contributed by atoms with Crippen LogP contribution in [0.3, 0.4) is 0 Å². The molecule has 1 fully saturated rings. The molecule has 0 spiro atoms. The van der Waals surface area contributed by atoms with Gasteiger partial charge in [-0.25, -0.2) is 0 Å². The molecule has 2 aromatic carbocycles. The lowest BCUT2D eigenvalue weighted by atomic mass is 10.0. The minimum Gasteiger partial charge on any atom is -0.459 e. The molecule has 2 amide bonds. The van der Waals surface area contributed by atoms with Gasteiger partial charge in [0.15, 0.2) is 5.76 Å². The van der Waals surface area contributed by atoms with E-state index in [-0.39, 0.29) is 11.7 Å². The predicted molar refractivity (Wildman–Crippen MR) is 128 cm³/mol. The summed E-state index contributed by atoms with van der Waals surface area (Å²) in [7, 11) is 0. The summed E-state index contributed by atoms with van der Waals surface area (Å²) in [6, 6.07) is 20.6. The van der Waals surface area contributed by atoms with Gasteiger partial charge in [0.25, 0.3) is 5.91 Å². The van der Waals surface area contributed by atoms with Crippen molar-refractivity contribution in [2.45, 2.75) is 44.8 Å². The van der Waals surface area contributed by atoms with Gasteiger partial charge in [-0.2, -0.15) is 0 Å². The fourth-order valence-electron chi connectivity index (χ4n) is 4.15. The van der Waals surface area contributed by atoms with Gasteiger partial charge in [0, 0.05) is 19.5 Å². The molecule has 2 N–H and O–H groups in total. The molecule has 33 heavy (non-hydrogen) atoms. The van der Waals surface area contributed by atoms with Crippen molar-refractivity contribution < 1.29 is 14.0 Å². The van der Waals surface area contributed by atoms with Crippen molar-refractivity contribution >= 4 is 11.8 Å². The maximum atomic E-state index is 13.0. The number of amides is 2. The van der Waals surface area contributed by atoms with Crippen LogP contribution in [-0.2, 0) is 24.3 Å². The van der Waals surface area contributed by atoms with Crippen LogP contribution >= 0.6 is 0 Å². The largest absolute Gasteiger partial charge is 0.459 e. The van der Waals surface area contributed by atoms with Crippen molar-refractivity contribution in [2.24, 2.45) is 0 Å². The monoisotopic (exact) mass is 445 g/mol. The zero-order chi connectivity index (χ0) is 22.9. The second-order valence-electron chi connectivity index (χ2n) is 8.56. The van der Waals surface area contributed by atoms with E-state index >= 15 is 0 Å². The Morgan fingerprint density at radius 3 is 2.27 bits per heavy atom. The number of hydrogen-bond donors (Lipinski definition) is 2. The zero-order valence-corrected chi connectivity index (χ0v) is 18.8. The molecule has 0 unspecified atom stereocenters. The summed E-state index contributed by atoms with van der Waals surface area (Å²) in [5.74, 6) is -0.445. The van der Waals surface area contributed by atoms with Crippen LogP contribution in [0.1, 0.15) is 46.5 Å². The number of likely N-dealkylation sites (tertiary alicyclic amines) is 1. The number of hydrogen-bond acceptors (Lipinski definition) is 4. The molecule has 172 valence electrons. The molecule has 1 aromatic heterocycles. The average Bonchev–Trinajstić information content (AvgIpc) is 3.40. The SMILES string of the molecule is O=C(N[C@@H](Cc1ccccc1)C(=O)NCc1ccc(CN2CCCCC2)cc1)c1ccco1.